The van der Waals surface area contributed by atoms with E-state index in [0.29, 0.717) is 11.6 Å². The predicted molar refractivity (Wildman–Crippen MR) is 89.7 cm³/mol. The molecule has 5 heteroatoms. The number of piperidine rings is 1. The first kappa shape index (κ1) is 14.7. The van der Waals surface area contributed by atoms with Crippen LogP contribution in [0.25, 0.3) is 10.9 Å². The van der Waals surface area contributed by atoms with Crippen LogP contribution in [0, 0.1) is 5.82 Å². The number of piperazine rings is 1. The molecule has 4 rings (SSSR count). The van der Waals surface area contributed by atoms with Crippen molar-refractivity contribution in [1.82, 2.24) is 9.88 Å². The number of halogens is 1. The third-order valence-corrected chi connectivity index (χ3v) is 5.11. The highest BCUT2D eigenvalue weighted by Crippen LogP contribution is 2.28. The van der Waals surface area contributed by atoms with Crippen molar-refractivity contribution < 1.29 is 9.13 Å². The Hall–Kier alpha value is -1.88. The van der Waals surface area contributed by atoms with Crippen molar-refractivity contribution in [3.05, 3.63) is 30.1 Å². The van der Waals surface area contributed by atoms with Gasteiger partial charge < -0.3 is 9.64 Å². The van der Waals surface area contributed by atoms with Gasteiger partial charge in [0.2, 0.25) is 0 Å². The Balaban J connectivity index is 1.61. The maximum absolute atomic E-state index is 13.9. The molecule has 122 valence electrons. The van der Waals surface area contributed by atoms with Crippen LogP contribution in [0.2, 0.25) is 0 Å². The number of benzene rings is 1. The minimum atomic E-state index is -0.359. The largest absolute Gasteiger partial charge is 0.494 e. The standard InChI is InChI=1S/C18H22FN3O/c1-23-17-10-13-5-6-18(20-16(13)11-15(17)19)22-9-8-21-7-3-2-4-14(21)12-22/h5-6,10-11,14H,2-4,7-9,12H2,1H3/t14-/m1/s1. The number of pyridine rings is 1. The summed E-state index contributed by atoms with van der Waals surface area (Å²) in [5.41, 5.74) is 0.687. The molecular formula is C18H22FN3O. The van der Waals surface area contributed by atoms with E-state index in [9.17, 15) is 4.39 Å². The highest BCUT2D eigenvalue weighted by molar-refractivity contribution is 5.82. The second kappa shape index (κ2) is 5.96. The molecule has 0 N–H and O–H groups in total. The van der Waals surface area contributed by atoms with Crippen LogP contribution in [0.1, 0.15) is 19.3 Å². The minimum absolute atomic E-state index is 0.267. The number of hydrogen-bond acceptors (Lipinski definition) is 4. The van der Waals surface area contributed by atoms with Crippen molar-refractivity contribution in [1.29, 1.82) is 0 Å². The maximum Gasteiger partial charge on any atom is 0.167 e. The van der Waals surface area contributed by atoms with Crippen LogP contribution in [0.3, 0.4) is 0 Å². The quantitative estimate of drug-likeness (QED) is 0.851. The van der Waals surface area contributed by atoms with Crippen molar-refractivity contribution in [2.24, 2.45) is 0 Å². The topological polar surface area (TPSA) is 28.6 Å². The zero-order valence-electron chi connectivity index (χ0n) is 13.5. The van der Waals surface area contributed by atoms with Crippen LogP contribution in [-0.2, 0) is 0 Å². The Morgan fingerprint density at radius 3 is 2.96 bits per heavy atom. The normalized spacial score (nSPS) is 22.2. The molecule has 2 saturated heterocycles. The average molecular weight is 315 g/mol. The van der Waals surface area contributed by atoms with E-state index >= 15 is 0 Å². The van der Waals surface area contributed by atoms with E-state index in [-0.39, 0.29) is 11.6 Å². The Labute approximate surface area is 135 Å². The van der Waals surface area contributed by atoms with E-state index in [1.54, 1.807) is 6.07 Å². The van der Waals surface area contributed by atoms with Crippen molar-refractivity contribution in [3.8, 4) is 5.75 Å². The Bertz CT molecular complexity index is 721. The van der Waals surface area contributed by atoms with Gasteiger partial charge in [-0.2, -0.15) is 0 Å². The number of aromatic nitrogens is 1. The molecule has 1 atom stereocenters. The highest BCUT2D eigenvalue weighted by atomic mass is 19.1. The van der Waals surface area contributed by atoms with Crippen LogP contribution in [-0.4, -0.2) is 49.2 Å². The van der Waals surface area contributed by atoms with Crippen LogP contribution in [0.5, 0.6) is 5.75 Å². The summed E-state index contributed by atoms with van der Waals surface area (Å²) in [5, 5.41) is 0.906. The fourth-order valence-electron chi connectivity index (χ4n) is 3.81. The maximum atomic E-state index is 13.9. The molecular weight excluding hydrogens is 293 g/mol. The molecule has 1 aromatic carbocycles. The average Bonchev–Trinajstić information content (AvgIpc) is 2.60. The lowest BCUT2D eigenvalue weighted by Gasteiger charge is -2.44. The number of methoxy groups -OCH3 is 1. The number of anilines is 1. The molecule has 1 aromatic heterocycles. The van der Waals surface area contributed by atoms with Crippen molar-refractivity contribution in [2.45, 2.75) is 25.3 Å². The molecule has 0 saturated carbocycles. The van der Waals surface area contributed by atoms with Gasteiger partial charge in [0, 0.05) is 37.1 Å². The summed E-state index contributed by atoms with van der Waals surface area (Å²) in [6.45, 7) is 4.35. The van der Waals surface area contributed by atoms with Crippen LogP contribution < -0.4 is 9.64 Å². The lowest BCUT2D eigenvalue weighted by molar-refractivity contribution is 0.133. The summed E-state index contributed by atoms with van der Waals surface area (Å²) in [4.78, 5) is 9.63. The smallest absolute Gasteiger partial charge is 0.167 e. The number of hydrogen-bond donors (Lipinski definition) is 0. The monoisotopic (exact) mass is 315 g/mol. The molecule has 23 heavy (non-hydrogen) atoms. The Morgan fingerprint density at radius 1 is 1.17 bits per heavy atom. The molecule has 2 aliphatic heterocycles. The van der Waals surface area contributed by atoms with Crippen molar-refractivity contribution in [3.63, 3.8) is 0 Å². The van der Waals surface area contributed by atoms with E-state index in [1.807, 2.05) is 12.1 Å². The van der Waals surface area contributed by atoms with Gasteiger partial charge in [0.25, 0.3) is 0 Å². The SMILES string of the molecule is COc1cc2ccc(N3CCN4CCCC[C@@H]4C3)nc2cc1F. The zero-order chi connectivity index (χ0) is 15.8. The number of nitrogens with zero attached hydrogens (tertiary/aromatic N) is 3. The van der Waals surface area contributed by atoms with Gasteiger partial charge in [-0.05, 0) is 37.6 Å². The number of ether oxygens (including phenoxy) is 1. The highest BCUT2D eigenvalue weighted by Gasteiger charge is 2.29. The van der Waals surface area contributed by atoms with Gasteiger partial charge in [0.05, 0.1) is 12.6 Å². The fraction of sp³-hybridized carbons (Fsp3) is 0.500. The van der Waals surface area contributed by atoms with E-state index in [1.165, 1.54) is 39.0 Å². The van der Waals surface area contributed by atoms with E-state index in [2.05, 4.69) is 14.8 Å². The fourth-order valence-corrected chi connectivity index (χ4v) is 3.81. The molecule has 2 aliphatic rings. The van der Waals surface area contributed by atoms with Crippen molar-refractivity contribution >= 4 is 16.7 Å². The lowest BCUT2D eigenvalue weighted by atomic mass is 9.99. The Kier molecular flexibility index (Phi) is 3.81. The van der Waals surface area contributed by atoms with Crippen LogP contribution in [0.15, 0.2) is 24.3 Å². The molecule has 0 spiro atoms. The van der Waals surface area contributed by atoms with Gasteiger partial charge in [-0.1, -0.05) is 6.42 Å². The summed E-state index contributed by atoms with van der Waals surface area (Å²) >= 11 is 0. The third-order valence-electron chi connectivity index (χ3n) is 5.11. The summed E-state index contributed by atoms with van der Waals surface area (Å²) in [5.74, 6) is 0.858. The first-order chi connectivity index (χ1) is 11.2. The van der Waals surface area contributed by atoms with Gasteiger partial charge in [0.15, 0.2) is 11.6 Å². The molecule has 0 bridgehead atoms. The van der Waals surface area contributed by atoms with E-state index < -0.39 is 0 Å². The summed E-state index contributed by atoms with van der Waals surface area (Å²) in [6, 6.07) is 7.86. The van der Waals surface area contributed by atoms with Gasteiger partial charge >= 0.3 is 0 Å². The molecule has 2 fully saturated rings. The third kappa shape index (κ3) is 2.74. The van der Waals surface area contributed by atoms with E-state index in [4.69, 9.17) is 4.74 Å². The molecule has 0 aliphatic carbocycles. The molecule has 0 radical (unpaired) electrons. The molecule has 0 amide bonds. The predicted octanol–water partition coefficient (Wildman–Crippen LogP) is 3.06. The Morgan fingerprint density at radius 2 is 2.09 bits per heavy atom. The summed E-state index contributed by atoms with van der Waals surface area (Å²) in [6.07, 6.45) is 3.92. The minimum Gasteiger partial charge on any atom is -0.494 e. The number of rotatable bonds is 2. The molecule has 3 heterocycles. The van der Waals surface area contributed by atoms with Crippen molar-refractivity contribution in [2.75, 3.05) is 38.2 Å². The first-order valence-electron chi connectivity index (χ1n) is 8.38. The molecule has 2 aromatic rings. The van der Waals surface area contributed by atoms with Crippen LogP contribution >= 0.6 is 0 Å². The molecule has 4 nitrogen and oxygen atoms in total. The first-order valence-corrected chi connectivity index (χ1v) is 8.38. The lowest BCUT2D eigenvalue weighted by Crippen LogP contribution is -2.55. The number of fused-ring (bicyclic) bond motifs is 2. The van der Waals surface area contributed by atoms with E-state index in [0.717, 1.165) is 30.8 Å². The van der Waals surface area contributed by atoms with Gasteiger partial charge in [-0.3, -0.25) is 4.90 Å². The molecule has 0 unspecified atom stereocenters. The van der Waals surface area contributed by atoms with Gasteiger partial charge in [-0.15, -0.1) is 0 Å². The van der Waals surface area contributed by atoms with Gasteiger partial charge in [-0.25, -0.2) is 9.37 Å². The second-order valence-electron chi connectivity index (χ2n) is 6.48. The van der Waals surface area contributed by atoms with Crippen LogP contribution in [0.4, 0.5) is 10.2 Å². The summed E-state index contributed by atoms with van der Waals surface area (Å²) in [7, 11) is 1.48. The zero-order valence-corrected chi connectivity index (χ0v) is 13.5. The second-order valence-corrected chi connectivity index (χ2v) is 6.48. The van der Waals surface area contributed by atoms with Gasteiger partial charge in [0.1, 0.15) is 5.82 Å². The summed E-state index contributed by atoms with van der Waals surface area (Å²) < 4.78 is 19.0.